The van der Waals surface area contributed by atoms with Gasteiger partial charge in [-0.3, -0.25) is 9.89 Å². The SMILES string of the molecule is N#Cc1cn[nH]c1NC(=O)c1ccc(Br)cc1F. The number of nitrogens with one attached hydrogen (secondary N) is 2. The van der Waals surface area contributed by atoms with E-state index in [0.717, 1.165) is 0 Å². The summed E-state index contributed by atoms with van der Waals surface area (Å²) in [5.74, 6) is -1.16. The molecule has 2 N–H and O–H groups in total. The number of nitriles is 1. The summed E-state index contributed by atoms with van der Waals surface area (Å²) in [5.41, 5.74) is 0.0672. The van der Waals surface area contributed by atoms with Crippen LogP contribution in [0.2, 0.25) is 0 Å². The lowest BCUT2D eigenvalue weighted by molar-refractivity contribution is 0.102. The second kappa shape index (κ2) is 4.98. The van der Waals surface area contributed by atoms with E-state index in [0.29, 0.717) is 4.47 Å². The highest BCUT2D eigenvalue weighted by molar-refractivity contribution is 9.10. The van der Waals surface area contributed by atoms with Crippen LogP contribution in [0.4, 0.5) is 10.2 Å². The number of hydrogen-bond acceptors (Lipinski definition) is 3. The highest BCUT2D eigenvalue weighted by Crippen LogP contribution is 2.17. The van der Waals surface area contributed by atoms with Gasteiger partial charge in [0.1, 0.15) is 23.3 Å². The molecule has 0 radical (unpaired) electrons. The predicted molar refractivity (Wildman–Crippen MR) is 65.4 cm³/mol. The molecular weight excluding hydrogens is 303 g/mol. The maximum Gasteiger partial charge on any atom is 0.259 e. The first-order valence-corrected chi connectivity index (χ1v) is 5.61. The molecule has 0 spiro atoms. The number of aromatic amines is 1. The summed E-state index contributed by atoms with van der Waals surface area (Å²) in [7, 11) is 0. The van der Waals surface area contributed by atoms with Gasteiger partial charge in [-0.25, -0.2) is 4.39 Å². The number of hydrogen-bond donors (Lipinski definition) is 2. The summed E-state index contributed by atoms with van der Waals surface area (Å²) < 4.78 is 14.1. The zero-order valence-electron chi connectivity index (χ0n) is 8.87. The van der Waals surface area contributed by atoms with Crippen molar-refractivity contribution in [3.8, 4) is 6.07 Å². The average Bonchev–Trinajstić information content (AvgIpc) is 2.76. The quantitative estimate of drug-likeness (QED) is 0.894. The summed E-state index contributed by atoms with van der Waals surface area (Å²) in [4.78, 5) is 11.8. The third-order valence-electron chi connectivity index (χ3n) is 2.17. The highest BCUT2D eigenvalue weighted by atomic mass is 79.9. The summed E-state index contributed by atoms with van der Waals surface area (Å²) in [6.45, 7) is 0. The Morgan fingerprint density at radius 2 is 2.33 bits per heavy atom. The fraction of sp³-hybridized carbons (Fsp3) is 0. The number of aromatic nitrogens is 2. The van der Waals surface area contributed by atoms with Gasteiger partial charge < -0.3 is 5.32 Å². The smallest absolute Gasteiger partial charge is 0.259 e. The van der Waals surface area contributed by atoms with Crippen LogP contribution in [0.5, 0.6) is 0 Å². The summed E-state index contributed by atoms with van der Waals surface area (Å²) in [6.07, 6.45) is 1.27. The van der Waals surface area contributed by atoms with Gasteiger partial charge in [0.15, 0.2) is 0 Å². The largest absolute Gasteiger partial charge is 0.306 e. The van der Waals surface area contributed by atoms with Crippen molar-refractivity contribution in [2.45, 2.75) is 0 Å². The summed E-state index contributed by atoms with van der Waals surface area (Å²) in [5, 5.41) is 17.2. The predicted octanol–water partition coefficient (Wildman–Crippen LogP) is 2.44. The Labute approximate surface area is 110 Å². The normalized spacial score (nSPS) is 9.83. The van der Waals surface area contributed by atoms with Crippen LogP contribution in [-0.4, -0.2) is 16.1 Å². The molecule has 1 aromatic carbocycles. The third-order valence-corrected chi connectivity index (χ3v) is 2.67. The van der Waals surface area contributed by atoms with Gasteiger partial charge in [-0.05, 0) is 18.2 Å². The molecule has 0 saturated heterocycles. The number of halogens is 2. The van der Waals surface area contributed by atoms with Crippen molar-refractivity contribution < 1.29 is 9.18 Å². The molecule has 1 aromatic heterocycles. The monoisotopic (exact) mass is 308 g/mol. The molecule has 1 heterocycles. The van der Waals surface area contributed by atoms with Crippen LogP contribution in [0.1, 0.15) is 15.9 Å². The third kappa shape index (κ3) is 2.38. The van der Waals surface area contributed by atoms with Gasteiger partial charge in [0, 0.05) is 4.47 Å². The minimum atomic E-state index is -0.653. The molecule has 0 atom stereocenters. The Morgan fingerprint density at radius 3 is 3.00 bits per heavy atom. The molecule has 0 saturated carbocycles. The van der Waals surface area contributed by atoms with Crippen molar-refractivity contribution in [1.29, 1.82) is 5.26 Å². The number of carbonyl (C=O) groups is 1. The van der Waals surface area contributed by atoms with Crippen molar-refractivity contribution >= 4 is 27.7 Å². The van der Waals surface area contributed by atoms with Crippen molar-refractivity contribution in [1.82, 2.24) is 10.2 Å². The van der Waals surface area contributed by atoms with Gasteiger partial charge in [-0.1, -0.05) is 15.9 Å². The number of rotatable bonds is 2. The molecule has 2 rings (SSSR count). The average molecular weight is 309 g/mol. The van der Waals surface area contributed by atoms with E-state index in [1.807, 2.05) is 6.07 Å². The van der Waals surface area contributed by atoms with Crippen molar-refractivity contribution in [2.75, 3.05) is 5.32 Å². The Balaban J connectivity index is 2.25. The van der Waals surface area contributed by atoms with Crippen LogP contribution >= 0.6 is 15.9 Å². The summed E-state index contributed by atoms with van der Waals surface area (Å²) >= 11 is 3.10. The van der Waals surface area contributed by atoms with Gasteiger partial charge >= 0.3 is 0 Å². The van der Waals surface area contributed by atoms with Crippen LogP contribution in [0, 0.1) is 17.1 Å². The first kappa shape index (κ1) is 12.3. The van der Waals surface area contributed by atoms with Gasteiger partial charge in [0.05, 0.1) is 11.8 Å². The molecule has 90 valence electrons. The second-order valence-corrected chi connectivity index (χ2v) is 4.26. The fourth-order valence-electron chi connectivity index (χ4n) is 1.32. The van der Waals surface area contributed by atoms with E-state index in [1.54, 1.807) is 6.07 Å². The summed E-state index contributed by atoms with van der Waals surface area (Å²) in [6, 6.07) is 5.93. The molecule has 18 heavy (non-hydrogen) atoms. The Bertz CT molecular complexity index is 647. The van der Waals surface area contributed by atoms with Gasteiger partial charge in [-0.15, -0.1) is 0 Å². The molecule has 0 aliphatic heterocycles. The lowest BCUT2D eigenvalue weighted by Crippen LogP contribution is -2.14. The molecule has 2 aromatic rings. The number of benzene rings is 1. The lowest BCUT2D eigenvalue weighted by atomic mass is 10.2. The minimum Gasteiger partial charge on any atom is -0.306 e. The van der Waals surface area contributed by atoms with Crippen LogP contribution in [-0.2, 0) is 0 Å². The molecule has 0 bridgehead atoms. The van der Waals surface area contributed by atoms with E-state index >= 15 is 0 Å². The zero-order chi connectivity index (χ0) is 13.1. The second-order valence-electron chi connectivity index (χ2n) is 3.35. The maximum atomic E-state index is 13.5. The van der Waals surface area contributed by atoms with Crippen molar-refractivity contribution in [3.05, 3.63) is 45.8 Å². The Hall–Kier alpha value is -2.20. The van der Waals surface area contributed by atoms with Crippen LogP contribution in [0.3, 0.4) is 0 Å². The first-order chi connectivity index (χ1) is 8.61. The molecule has 5 nitrogen and oxygen atoms in total. The van der Waals surface area contributed by atoms with Gasteiger partial charge in [-0.2, -0.15) is 10.4 Å². The molecule has 1 amide bonds. The zero-order valence-corrected chi connectivity index (χ0v) is 10.5. The van der Waals surface area contributed by atoms with Crippen LogP contribution in [0.15, 0.2) is 28.9 Å². The Morgan fingerprint density at radius 1 is 1.56 bits per heavy atom. The number of H-pyrrole nitrogens is 1. The molecule has 7 heteroatoms. The molecule has 0 aliphatic carbocycles. The topological polar surface area (TPSA) is 81.6 Å². The molecular formula is C11H6BrFN4O. The fourth-order valence-corrected chi connectivity index (χ4v) is 1.65. The lowest BCUT2D eigenvalue weighted by Gasteiger charge is -2.04. The number of carbonyl (C=O) groups excluding carboxylic acids is 1. The number of nitrogens with zero attached hydrogens (tertiary/aromatic N) is 2. The standard InChI is InChI=1S/C11H6BrFN4O/c12-7-1-2-8(9(13)3-7)11(18)16-10-6(4-14)5-15-17-10/h1-3,5H,(H2,15,16,17,18). The first-order valence-electron chi connectivity index (χ1n) is 4.81. The highest BCUT2D eigenvalue weighted by Gasteiger charge is 2.14. The number of anilines is 1. The molecule has 0 aliphatic rings. The minimum absolute atomic E-state index is 0.114. The van der Waals surface area contributed by atoms with E-state index < -0.39 is 11.7 Å². The van der Waals surface area contributed by atoms with E-state index in [-0.39, 0.29) is 16.9 Å². The van der Waals surface area contributed by atoms with Gasteiger partial charge in [0.2, 0.25) is 0 Å². The Kier molecular flexibility index (Phi) is 3.39. The van der Waals surface area contributed by atoms with E-state index in [2.05, 4.69) is 31.4 Å². The molecule has 0 fully saturated rings. The van der Waals surface area contributed by atoms with Gasteiger partial charge in [0.25, 0.3) is 5.91 Å². The van der Waals surface area contributed by atoms with E-state index in [9.17, 15) is 9.18 Å². The van der Waals surface area contributed by atoms with E-state index in [4.69, 9.17) is 5.26 Å². The van der Waals surface area contributed by atoms with E-state index in [1.165, 1.54) is 18.3 Å². The van der Waals surface area contributed by atoms with Crippen LogP contribution in [0.25, 0.3) is 0 Å². The van der Waals surface area contributed by atoms with Crippen molar-refractivity contribution in [3.63, 3.8) is 0 Å². The molecule has 0 unspecified atom stereocenters. The van der Waals surface area contributed by atoms with Crippen LogP contribution < -0.4 is 5.32 Å². The number of amides is 1. The van der Waals surface area contributed by atoms with Crippen molar-refractivity contribution in [2.24, 2.45) is 0 Å². The maximum absolute atomic E-state index is 13.5.